The number of rotatable bonds is 2. The van der Waals surface area contributed by atoms with E-state index in [4.69, 9.17) is 0 Å². The molecule has 0 bridgehead atoms. The second kappa shape index (κ2) is 5.55. The van der Waals surface area contributed by atoms with Gasteiger partial charge in [-0.15, -0.1) is 0 Å². The summed E-state index contributed by atoms with van der Waals surface area (Å²) in [6.07, 6.45) is 0.307. The molecule has 0 saturated carbocycles. The van der Waals surface area contributed by atoms with E-state index in [0.717, 1.165) is 11.6 Å². The van der Waals surface area contributed by atoms with Crippen LogP contribution in [-0.4, -0.2) is 16.8 Å². The summed E-state index contributed by atoms with van der Waals surface area (Å²) in [5.41, 5.74) is 1.96. The fourth-order valence-corrected chi connectivity index (χ4v) is 2.90. The second-order valence-corrected chi connectivity index (χ2v) is 5.79. The largest absolute Gasteiger partial charge is 0.325 e. The number of amides is 2. The fourth-order valence-electron chi connectivity index (χ4n) is 2.90. The summed E-state index contributed by atoms with van der Waals surface area (Å²) in [5.74, 6) is -1.14. The van der Waals surface area contributed by atoms with E-state index in [-0.39, 0.29) is 11.5 Å². The first-order chi connectivity index (χ1) is 12.0. The van der Waals surface area contributed by atoms with E-state index in [0.29, 0.717) is 28.7 Å². The predicted molar refractivity (Wildman–Crippen MR) is 91.3 cm³/mol. The molecule has 1 aromatic heterocycles. The third kappa shape index (κ3) is 2.76. The number of pyridine rings is 1. The molecule has 3 aromatic rings. The van der Waals surface area contributed by atoms with Crippen molar-refractivity contribution < 1.29 is 14.0 Å². The number of H-pyrrole nitrogens is 1. The van der Waals surface area contributed by atoms with Crippen LogP contribution in [0.3, 0.4) is 0 Å². The van der Waals surface area contributed by atoms with Gasteiger partial charge in [0.15, 0.2) is 0 Å². The molecule has 124 valence electrons. The van der Waals surface area contributed by atoms with Crippen LogP contribution in [0.1, 0.15) is 15.9 Å². The van der Waals surface area contributed by atoms with Crippen molar-refractivity contribution in [2.75, 3.05) is 10.6 Å². The minimum Gasteiger partial charge on any atom is -0.325 e. The van der Waals surface area contributed by atoms with Crippen molar-refractivity contribution in [3.05, 3.63) is 69.8 Å². The maximum atomic E-state index is 13.5. The fraction of sp³-hybridized carbons (Fsp3) is 0.0556. The average molecular weight is 337 g/mol. The zero-order valence-electron chi connectivity index (χ0n) is 12.9. The van der Waals surface area contributed by atoms with Gasteiger partial charge in [0, 0.05) is 28.3 Å². The topological polar surface area (TPSA) is 91.1 Å². The Balaban J connectivity index is 1.71. The van der Waals surface area contributed by atoms with Gasteiger partial charge < -0.3 is 15.6 Å². The molecule has 4 rings (SSSR count). The second-order valence-electron chi connectivity index (χ2n) is 5.79. The molecular weight excluding hydrogens is 325 g/mol. The van der Waals surface area contributed by atoms with E-state index in [9.17, 15) is 18.8 Å². The van der Waals surface area contributed by atoms with Crippen molar-refractivity contribution in [2.24, 2.45) is 0 Å². The summed E-state index contributed by atoms with van der Waals surface area (Å²) < 4.78 is 13.5. The standard InChI is InChI=1S/C18H12FN3O3/c19-10-2-4-14-12(6-10)13(8-17(24)21-14)18(25)20-11-3-1-9-5-16(23)22-15(9)7-11/h1-4,6-8H,5H2,(H,20,25)(H,21,24)(H,22,23). The van der Waals surface area contributed by atoms with Crippen LogP contribution in [0, 0.1) is 5.82 Å². The minimum atomic E-state index is -0.536. The minimum absolute atomic E-state index is 0.0720. The number of halogens is 1. The number of hydrogen-bond donors (Lipinski definition) is 3. The highest BCUT2D eigenvalue weighted by Crippen LogP contribution is 2.27. The van der Waals surface area contributed by atoms with Crippen LogP contribution in [0.15, 0.2) is 47.3 Å². The van der Waals surface area contributed by atoms with Crippen molar-refractivity contribution in [3.63, 3.8) is 0 Å². The van der Waals surface area contributed by atoms with Crippen molar-refractivity contribution >= 4 is 34.1 Å². The lowest BCUT2D eigenvalue weighted by Crippen LogP contribution is -2.17. The molecule has 7 heteroatoms. The molecule has 0 atom stereocenters. The Hall–Kier alpha value is -3.48. The highest BCUT2D eigenvalue weighted by atomic mass is 19.1. The van der Waals surface area contributed by atoms with Crippen molar-refractivity contribution in [1.82, 2.24) is 4.98 Å². The Labute approximate surface area is 140 Å². The van der Waals surface area contributed by atoms with Gasteiger partial charge in [0.1, 0.15) is 5.82 Å². The first kappa shape index (κ1) is 15.1. The summed E-state index contributed by atoms with van der Waals surface area (Å²) in [6.45, 7) is 0. The monoisotopic (exact) mass is 337 g/mol. The quantitative estimate of drug-likeness (QED) is 0.671. The molecule has 0 fully saturated rings. The van der Waals surface area contributed by atoms with Gasteiger partial charge in [-0.25, -0.2) is 4.39 Å². The van der Waals surface area contributed by atoms with Gasteiger partial charge in [0.2, 0.25) is 11.5 Å². The number of fused-ring (bicyclic) bond motifs is 2. The number of nitrogens with one attached hydrogen (secondary N) is 3. The lowest BCUT2D eigenvalue weighted by atomic mass is 10.1. The van der Waals surface area contributed by atoms with Crippen LogP contribution in [-0.2, 0) is 11.2 Å². The van der Waals surface area contributed by atoms with E-state index < -0.39 is 17.3 Å². The summed E-state index contributed by atoms with van der Waals surface area (Å²) in [4.78, 5) is 38.3. The highest BCUT2D eigenvalue weighted by molar-refractivity contribution is 6.12. The van der Waals surface area contributed by atoms with Gasteiger partial charge >= 0.3 is 0 Å². The lowest BCUT2D eigenvalue weighted by Gasteiger charge is -2.09. The molecular formula is C18H12FN3O3. The molecule has 3 N–H and O–H groups in total. The van der Waals surface area contributed by atoms with Gasteiger partial charge in [-0.2, -0.15) is 0 Å². The predicted octanol–water partition coefficient (Wildman–Crippen LogP) is 2.41. The zero-order valence-corrected chi connectivity index (χ0v) is 12.9. The Morgan fingerprint density at radius 2 is 1.92 bits per heavy atom. The van der Waals surface area contributed by atoms with E-state index >= 15 is 0 Å². The summed E-state index contributed by atoms with van der Waals surface area (Å²) in [5, 5.41) is 5.69. The van der Waals surface area contributed by atoms with Crippen molar-refractivity contribution in [2.45, 2.75) is 6.42 Å². The first-order valence-electron chi connectivity index (χ1n) is 7.56. The summed E-state index contributed by atoms with van der Waals surface area (Å²) in [7, 11) is 0. The van der Waals surface area contributed by atoms with Gasteiger partial charge in [-0.3, -0.25) is 14.4 Å². The smallest absolute Gasteiger partial charge is 0.256 e. The molecule has 2 heterocycles. The number of hydrogen-bond acceptors (Lipinski definition) is 3. The first-order valence-corrected chi connectivity index (χ1v) is 7.56. The van der Waals surface area contributed by atoms with Crippen molar-refractivity contribution in [1.29, 1.82) is 0 Å². The molecule has 0 radical (unpaired) electrons. The van der Waals surface area contributed by atoms with Crippen LogP contribution in [0.25, 0.3) is 10.9 Å². The zero-order chi connectivity index (χ0) is 17.6. The molecule has 2 aromatic carbocycles. The Morgan fingerprint density at radius 1 is 1.08 bits per heavy atom. The molecule has 25 heavy (non-hydrogen) atoms. The maximum Gasteiger partial charge on any atom is 0.256 e. The van der Waals surface area contributed by atoms with Crippen LogP contribution in [0.2, 0.25) is 0 Å². The van der Waals surface area contributed by atoms with Crippen LogP contribution in [0.4, 0.5) is 15.8 Å². The Bertz CT molecular complexity index is 1100. The highest BCUT2D eigenvalue weighted by Gasteiger charge is 2.19. The molecule has 0 spiro atoms. The van der Waals surface area contributed by atoms with Crippen LogP contribution < -0.4 is 16.2 Å². The Kier molecular flexibility index (Phi) is 3.35. The molecule has 2 amide bonds. The number of carbonyl (C=O) groups is 2. The molecule has 1 aliphatic rings. The van der Waals surface area contributed by atoms with E-state index in [1.54, 1.807) is 18.2 Å². The van der Waals surface area contributed by atoms with Crippen LogP contribution in [0.5, 0.6) is 0 Å². The van der Waals surface area contributed by atoms with E-state index in [1.807, 2.05) is 0 Å². The average Bonchev–Trinajstić information content (AvgIpc) is 2.93. The molecule has 1 aliphatic heterocycles. The molecule has 0 aliphatic carbocycles. The molecule has 0 unspecified atom stereocenters. The van der Waals surface area contributed by atoms with Gasteiger partial charge in [-0.1, -0.05) is 6.07 Å². The molecule has 6 nitrogen and oxygen atoms in total. The van der Waals surface area contributed by atoms with Crippen molar-refractivity contribution in [3.8, 4) is 0 Å². The summed E-state index contributed by atoms with van der Waals surface area (Å²) >= 11 is 0. The molecule has 0 saturated heterocycles. The third-order valence-electron chi connectivity index (χ3n) is 4.04. The van der Waals surface area contributed by atoms with E-state index in [1.165, 1.54) is 18.2 Å². The Morgan fingerprint density at radius 3 is 2.76 bits per heavy atom. The number of aromatic amines is 1. The number of anilines is 2. The number of aromatic nitrogens is 1. The van der Waals surface area contributed by atoms with Gasteiger partial charge in [0.25, 0.3) is 5.91 Å². The third-order valence-corrected chi connectivity index (χ3v) is 4.04. The van der Waals surface area contributed by atoms with E-state index in [2.05, 4.69) is 15.6 Å². The normalized spacial score (nSPS) is 12.8. The van der Waals surface area contributed by atoms with Gasteiger partial charge in [0.05, 0.1) is 12.0 Å². The SMILES string of the molecule is O=C1Cc2ccc(NC(=O)c3cc(=O)[nH]c4ccc(F)cc34)cc2N1. The number of carbonyl (C=O) groups excluding carboxylic acids is 2. The summed E-state index contributed by atoms with van der Waals surface area (Å²) in [6, 6.07) is 10.0. The lowest BCUT2D eigenvalue weighted by molar-refractivity contribution is -0.115. The van der Waals surface area contributed by atoms with Gasteiger partial charge in [-0.05, 0) is 35.9 Å². The maximum absolute atomic E-state index is 13.5. The van der Waals surface area contributed by atoms with Crippen LogP contribution >= 0.6 is 0 Å². The number of benzene rings is 2.